The van der Waals surface area contributed by atoms with E-state index in [9.17, 15) is 14.7 Å². The molecule has 0 amide bonds. The van der Waals surface area contributed by atoms with Gasteiger partial charge in [0.05, 0.1) is 5.97 Å². The Balaban J connectivity index is 0.00000192. The summed E-state index contributed by atoms with van der Waals surface area (Å²) in [5.41, 5.74) is 2.12. The van der Waals surface area contributed by atoms with Crippen LogP contribution in [0.3, 0.4) is 0 Å². The van der Waals surface area contributed by atoms with Crippen molar-refractivity contribution in [3.63, 3.8) is 0 Å². The number of carbonyl (C=O) groups is 1. The first-order chi connectivity index (χ1) is 10.4. The zero-order valence-electron chi connectivity index (χ0n) is 13.6. The Labute approximate surface area is 160 Å². The van der Waals surface area contributed by atoms with Crippen LogP contribution in [0.4, 0.5) is 0 Å². The van der Waals surface area contributed by atoms with Crippen molar-refractivity contribution in [2.75, 3.05) is 0 Å². The maximum absolute atomic E-state index is 12.8. The van der Waals surface area contributed by atoms with Gasteiger partial charge in [0.25, 0.3) is 0 Å². The Morgan fingerprint density at radius 1 is 1.13 bits per heavy atom. The average molecular weight is 334 g/mol. The third-order valence-corrected chi connectivity index (χ3v) is 5.04. The van der Waals surface area contributed by atoms with Gasteiger partial charge in [-0.15, -0.1) is 11.3 Å². The molecule has 0 spiro atoms. The molecule has 3 rings (SSSR count). The zero-order valence-corrected chi connectivity index (χ0v) is 16.4. The summed E-state index contributed by atoms with van der Waals surface area (Å²) < 4.78 is 1.78. The van der Waals surface area contributed by atoms with Crippen LogP contribution in [0, 0.1) is 6.92 Å². The molecule has 23 heavy (non-hydrogen) atoms. The van der Waals surface area contributed by atoms with Gasteiger partial charge in [-0.25, -0.2) is 0 Å². The minimum absolute atomic E-state index is 0. The number of carboxylic acid groups (broad SMARTS) is 1. The normalized spacial score (nSPS) is 11.0. The summed E-state index contributed by atoms with van der Waals surface area (Å²) in [5.74, 6) is -0.948. The second-order valence-corrected chi connectivity index (χ2v) is 6.87. The van der Waals surface area contributed by atoms with Gasteiger partial charge in [0, 0.05) is 20.2 Å². The summed E-state index contributed by atoms with van der Waals surface area (Å²) in [4.78, 5) is 23.8. The molecule has 3 aromatic rings. The summed E-state index contributed by atoms with van der Waals surface area (Å²) in [6.07, 6.45) is 0. The number of rotatable bonds is 2. The first-order valence-corrected chi connectivity index (χ1v) is 7.92. The van der Waals surface area contributed by atoms with Crippen molar-refractivity contribution in [2.45, 2.75) is 26.7 Å². The van der Waals surface area contributed by atoms with Crippen molar-refractivity contribution in [1.82, 2.24) is 0 Å². The molecule has 0 saturated carbocycles. The monoisotopic (exact) mass is 334 g/mol. The van der Waals surface area contributed by atoms with Gasteiger partial charge >= 0.3 is 29.6 Å². The summed E-state index contributed by atoms with van der Waals surface area (Å²) in [7, 11) is 0. The first kappa shape index (κ1) is 18.1. The molecule has 0 unspecified atom stereocenters. The van der Waals surface area contributed by atoms with E-state index in [1.54, 1.807) is 6.07 Å². The maximum atomic E-state index is 12.8. The zero-order chi connectivity index (χ0) is 16.0. The van der Waals surface area contributed by atoms with Crippen molar-refractivity contribution in [2.24, 2.45) is 0 Å². The Morgan fingerprint density at radius 2 is 1.83 bits per heavy atom. The van der Waals surface area contributed by atoms with Crippen LogP contribution >= 0.6 is 11.3 Å². The van der Waals surface area contributed by atoms with Crippen molar-refractivity contribution in [1.29, 1.82) is 0 Å². The van der Waals surface area contributed by atoms with Gasteiger partial charge in [0.15, 0.2) is 5.43 Å². The molecule has 1 aromatic heterocycles. The predicted octanol–water partition coefficient (Wildman–Crippen LogP) is 0.214. The van der Waals surface area contributed by atoms with Gasteiger partial charge in [0.1, 0.15) is 0 Å². The van der Waals surface area contributed by atoms with Crippen LogP contribution in [0.1, 0.15) is 41.3 Å². The molecule has 0 saturated heterocycles. The maximum Gasteiger partial charge on any atom is 1.00 e. The molecule has 0 aliphatic heterocycles. The summed E-state index contributed by atoms with van der Waals surface area (Å²) in [5, 5.41) is 12.1. The Bertz CT molecular complexity index is 973. The molecule has 0 radical (unpaired) electrons. The molecule has 3 nitrogen and oxygen atoms in total. The fraction of sp³-hybridized carbons (Fsp3) is 0.222. The van der Waals surface area contributed by atoms with Gasteiger partial charge in [0.2, 0.25) is 0 Å². The molecule has 0 bridgehead atoms. The molecule has 1 heterocycles. The molecule has 2 aromatic carbocycles. The van der Waals surface area contributed by atoms with Gasteiger partial charge in [-0.3, -0.25) is 4.79 Å². The second kappa shape index (κ2) is 6.73. The quantitative estimate of drug-likeness (QED) is 0.497. The van der Waals surface area contributed by atoms with Crippen molar-refractivity contribution in [3.05, 3.63) is 57.2 Å². The average Bonchev–Trinajstić information content (AvgIpc) is 2.47. The van der Waals surface area contributed by atoms with Crippen LogP contribution in [0.2, 0.25) is 0 Å². The Hall–Kier alpha value is -1.20. The topological polar surface area (TPSA) is 57.2 Å². The van der Waals surface area contributed by atoms with Crippen LogP contribution in [0.5, 0.6) is 0 Å². The van der Waals surface area contributed by atoms with E-state index < -0.39 is 5.97 Å². The van der Waals surface area contributed by atoms with E-state index in [0.29, 0.717) is 16.7 Å². The van der Waals surface area contributed by atoms with Crippen molar-refractivity contribution in [3.8, 4) is 0 Å². The van der Waals surface area contributed by atoms with E-state index in [0.717, 1.165) is 20.5 Å². The van der Waals surface area contributed by atoms with E-state index in [1.807, 2.05) is 13.0 Å². The van der Waals surface area contributed by atoms with Gasteiger partial charge < -0.3 is 9.90 Å². The predicted molar refractivity (Wildman–Crippen MR) is 88.8 cm³/mol. The van der Waals surface area contributed by atoms with Crippen molar-refractivity contribution >= 4 is 37.5 Å². The number of fused-ring (bicyclic) bond motifs is 2. The number of benzene rings is 2. The number of carboxylic acids is 1. The molecule has 112 valence electrons. The van der Waals surface area contributed by atoms with Crippen molar-refractivity contribution < 1.29 is 39.5 Å². The minimum Gasteiger partial charge on any atom is -0.545 e. The van der Waals surface area contributed by atoms with E-state index in [1.165, 1.54) is 23.5 Å². The molecular weight excluding hydrogens is 319 g/mol. The molecule has 0 aliphatic carbocycles. The third-order valence-electron chi connectivity index (χ3n) is 3.80. The standard InChI is InChI=1S/C18H16O3S.Na/c1-9(2)12-6-10(3)7-14-16(19)13-8-11(18(20)21)4-5-15(13)22-17(12)14;/h4-9H,1-3H3,(H,20,21);/q;+1/p-1. The fourth-order valence-corrected chi connectivity index (χ4v) is 3.98. The van der Waals surface area contributed by atoms with E-state index >= 15 is 0 Å². The molecule has 0 atom stereocenters. The van der Waals surface area contributed by atoms with E-state index in [-0.39, 0.29) is 40.5 Å². The smallest absolute Gasteiger partial charge is 0.545 e. The Kier molecular flexibility index (Phi) is 5.31. The molecule has 0 fully saturated rings. The van der Waals surface area contributed by atoms with Gasteiger partial charge in [-0.05, 0) is 42.2 Å². The number of carbonyl (C=O) groups excluding carboxylic acids is 1. The third kappa shape index (κ3) is 3.22. The first-order valence-electron chi connectivity index (χ1n) is 7.11. The molecule has 0 aliphatic rings. The number of aromatic carboxylic acids is 1. The number of hydrogen-bond donors (Lipinski definition) is 0. The van der Waals surface area contributed by atoms with E-state index in [2.05, 4.69) is 19.9 Å². The van der Waals surface area contributed by atoms with Crippen LogP contribution in [0.25, 0.3) is 20.2 Å². The SMILES string of the molecule is Cc1cc(C(C)C)c2sc3ccc(C(=O)[O-])cc3c(=O)c2c1.[Na+]. The van der Waals surface area contributed by atoms with Crippen LogP contribution in [0.15, 0.2) is 35.1 Å². The molecule has 5 heteroatoms. The van der Waals surface area contributed by atoms with Crippen LogP contribution < -0.4 is 40.1 Å². The van der Waals surface area contributed by atoms with Crippen LogP contribution in [-0.2, 0) is 0 Å². The fourth-order valence-electron chi connectivity index (χ4n) is 2.69. The number of aryl methyl sites for hydroxylation is 1. The second-order valence-electron chi connectivity index (χ2n) is 5.82. The summed E-state index contributed by atoms with van der Waals surface area (Å²) in [6, 6.07) is 8.59. The van der Waals surface area contributed by atoms with Gasteiger partial charge in [-0.2, -0.15) is 0 Å². The summed E-state index contributed by atoms with van der Waals surface area (Å²) >= 11 is 1.54. The summed E-state index contributed by atoms with van der Waals surface area (Å²) in [6.45, 7) is 6.18. The largest absolute Gasteiger partial charge is 1.00 e. The molecule has 0 N–H and O–H groups in total. The van der Waals surface area contributed by atoms with Gasteiger partial charge in [-0.1, -0.05) is 31.5 Å². The minimum atomic E-state index is -1.27. The van der Waals surface area contributed by atoms with E-state index in [4.69, 9.17) is 0 Å². The Morgan fingerprint density at radius 3 is 2.43 bits per heavy atom. The molecular formula is C18H15NaO3S. The number of hydrogen-bond acceptors (Lipinski definition) is 4. The van der Waals surface area contributed by atoms with Crippen LogP contribution in [-0.4, -0.2) is 5.97 Å².